The van der Waals surface area contributed by atoms with Gasteiger partial charge in [0.15, 0.2) is 5.17 Å². The zero-order valence-electron chi connectivity index (χ0n) is 13.2. The Kier molecular flexibility index (Phi) is 3.73. The third-order valence-corrected chi connectivity index (χ3v) is 5.44. The maximum atomic E-state index is 5.61. The van der Waals surface area contributed by atoms with E-state index in [1.807, 2.05) is 42.2 Å². The van der Waals surface area contributed by atoms with E-state index < -0.39 is 0 Å². The number of methoxy groups -OCH3 is 1. The summed E-state index contributed by atoms with van der Waals surface area (Å²) in [6, 6.07) is 14.4. The number of hydrogen-bond acceptors (Lipinski definition) is 5. The molecule has 0 bridgehead atoms. The lowest BCUT2D eigenvalue weighted by molar-refractivity contribution is 0.307. The molecule has 2 aliphatic rings. The van der Waals surface area contributed by atoms with Crippen molar-refractivity contribution in [3.05, 3.63) is 59.9 Å². The number of amidine groups is 1. The van der Waals surface area contributed by atoms with E-state index in [1.54, 1.807) is 7.11 Å². The zero-order valence-corrected chi connectivity index (χ0v) is 14.0. The van der Waals surface area contributed by atoms with E-state index in [1.165, 1.54) is 5.56 Å². The predicted octanol–water partition coefficient (Wildman–Crippen LogP) is 3.68. The predicted molar refractivity (Wildman–Crippen MR) is 93.9 cm³/mol. The van der Waals surface area contributed by atoms with Gasteiger partial charge in [-0.1, -0.05) is 43.0 Å². The molecule has 0 N–H and O–H groups in total. The molecule has 0 unspecified atom stereocenters. The third kappa shape index (κ3) is 2.49. The topological polar surface area (TPSA) is 37.7 Å². The summed E-state index contributed by atoms with van der Waals surface area (Å²) >= 11 is 1.85. The van der Waals surface area contributed by atoms with Crippen LogP contribution in [0.1, 0.15) is 30.3 Å². The van der Waals surface area contributed by atoms with Crippen molar-refractivity contribution in [2.45, 2.75) is 24.3 Å². The van der Waals surface area contributed by atoms with Crippen LogP contribution in [0.25, 0.3) is 0 Å². The van der Waals surface area contributed by atoms with Gasteiger partial charge in [-0.2, -0.15) is 0 Å². The lowest BCUT2D eigenvalue weighted by atomic mass is 9.95. The van der Waals surface area contributed by atoms with Crippen molar-refractivity contribution in [1.29, 1.82) is 0 Å². The Morgan fingerprint density at radius 1 is 1.17 bits per heavy atom. The highest BCUT2D eigenvalue weighted by Gasteiger charge is 2.44. The number of aliphatic imine (C=N–C) groups is 1. The van der Waals surface area contributed by atoms with Gasteiger partial charge in [-0.25, -0.2) is 0 Å². The Morgan fingerprint density at radius 2 is 2.00 bits per heavy atom. The van der Waals surface area contributed by atoms with Crippen LogP contribution in [0.5, 0.6) is 5.75 Å². The summed E-state index contributed by atoms with van der Waals surface area (Å²) in [5.41, 5.74) is 2.19. The summed E-state index contributed by atoms with van der Waals surface area (Å²) in [4.78, 5) is 12.0. The number of rotatable bonds is 3. The molecule has 0 spiro atoms. The van der Waals surface area contributed by atoms with Gasteiger partial charge in [0.2, 0.25) is 0 Å². The van der Waals surface area contributed by atoms with Gasteiger partial charge in [-0.05, 0) is 18.2 Å². The van der Waals surface area contributed by atoms with Crippen molar-refractivity contribution in [2.75, 3.05) is 13.7 Å². The molecular weight excluding hydrogens is 306 g/mol. The molecule has 0 saturated carbocycles. The second-order valence-electron chi connectivity index (χ2n) is 5.88. The molecule has 118 valence electrons. The summed E-state index contributed by atoms with van der Waals surface area (Å²) in [7, 11) is 1.73. The van der Waals surface area contributed by atoms with Crippen LogP contribution in [0, 0.1) is 0 Å². The standard InChI is InChI=1S/C18H19N3OS/c1-12-11-21-17(13-7-3-4-9-15(13)22-2)16(20-18(21)23-12)14-8-5-6-10-19-14/h3-10,12,16-17H,11H2,1-2H3/t12-,16+,17-/m1/s1. The average molecular weight is 325 g/mol. The first-order valence-electron chi connectivity index (χ1n) is 7.83. The number of ether oxygens (including phenoxy) is 1. The highest BCUT2D eigenvalue weighted by Crippen LogP contribution is 2.49. The van der Waals surface area contributed by atoms with Crippen molar-refractivity contribution in [2.24, 2.45) is 4.99 Å². The smallest absolute Gasteiger partial charge is 0.160 e. The van der Waals surface area contributed by atoms with E-state index in [-0.39, 0.29) is 12.1 Å². The van der Waals surface area contributed by atoms with Gasteiger partial charge in [0.25, 0.3) is 0 Å². The molecule has 0 aliphatic carbocycles. The fourth-order valence-electron chi connectivity index (χ4n) is 3.36. The van der Waals surface area contributed by atoms with Crippen molar-refractivity contribution in [3.63, 3.8) is 0 Å². The second-order valence-corrected chi connectivity index (χ2v) is 7.28. The molecule has 1 aromatic heterocycles. The summed E-state index contributed by atoms with van der Waals surface area (Å²) in [6.45, 7) is 3.26. The first-order chi connectivity index (χ1) is 11.3. The van der Waals surface area contributed by atoms with Crippen LogP contribution in [0.3, 0.4) is 0 Å². The summed E-state index contributed by atoms with van der Waals surface area (Å²) in [6.07, 6.45) is 1.84. The van der Waals surface area contributed by atoms with Crippen molar-refractivity contribution in [1.82, 2.24) is 9.88 Å². The van der Waals surface area contributed by atoms with Gasteiger partial charge in [0.05, 0.1) is 18.8 Å². The van der Waals surface area contributed by atoms with Crippen LogP contribution in [0.4, 0.5) is 0 Å². The van der Waals surface area contributed by atoms with Crippen LogP contribution >= 0.6 is 11.8 Å². The van der Waals surface area contributed by atoms with E-state index in [9.17, 15) is 0 Å². The Hall–Kier alpha value is -2.01. The van der Waals surface area contributed by atoms with Gasteiger partial charge in [0, 0.05) is 23.6 Å². The summed E-state index contributed by atoms with van der Waals surface area (Å²) in [5, 5.41) is 1.69. The fraction of sp³-hybridized carbons (Fsp3) is 0.333. The fourth-order valence-corrected chi connectivity index (χ4v) is 4.46. The van der Waals surface area contributed by atoms with Crippen molar-refractivity contribution < 1.29 is 4.74 Å². The van der Waals surface area contributed by atoms with Crippen molar-refractivity contribution in [3.8, 4) is 5.75 Å². The van der Waals surface area contributed by atoms with Crippen molar-refractivity contribution >= 4 is 16.9 Å². The van der Waals surface area contributed by atoms with Crippen LogP contribution < -0.4 is 4.74 Å². The summed E-state index contributed by atoms with van der Waals surface area (Å²) in [5.74, 6) is 0.916. The minimum Gasteiger partial charge on any atom is -0.496 e. The molecule has 3 atom stereocenters. The van der Waals surface area contributed by atoms with Gasteiger partial charge in [0.1, 0.15) is 11.8 Å². The van der Waals surface area contributed by atoms with E-state index in [0.717, 1.165) is 23.2 Å². The SMILES string of the molecule is COc1ccccc1[C@@H]1[C@H](c2ccccn2)N=C2S[C@H](C)CN21. The van der Waals surface area contributed by atoms with Crippen LogP contribution in [0.2, 0.25) is 0 Å². The molecular formula is C18H19N3OS. The summed E-state index contributed by atoms with van der Waals surface area (Å²) < 4.78 is 5.61. The average Bonchev–Trinajstić information content (AvgIpc) is 3.11. The number of thioether (sulfide) groups is 1. The lowest BCUT2D eigenvalue weighted by Gasteiger charge is -2.28. The number of nitrogens with zero attached hydrogens (tertiary/aromatic N) is 3. The van der Waals surface area contributed by atoms with Crippen LogP contribution in [-0.4, -0.2) is 34.0 Å². The molecule has 5 heteroatoms. The number of pyridine rings is 1. The van der Waals surface area contributed by atoms with Crippen LogP contribution in [-0.2, 0) is 0 Å². The molecule has 0 radical (unpaired) electrons. The largest absolute Gasteiger partial charge is 0.496 e. The first-order valence-corrected chi connectivity index (χ1v) is 8.71. The number of hydrogen-bond donors (Lipinski definition) is 0. The van der Waals surface area contributed by atoms with E-state index in [4.69, 9.17) is 9.73 Å². The number of fused-ring (bicyclic) bond motifs is 1. The normalized spacial score (nSPS) is 26.1. The number of benzene rings is 1. The Labute approximate surface area is 140 Å². The Balaban J connectivity index is 1.81. The molecule has 1 fully saturated rings. The highest BCUT2D eigenvalue weighted by molar-refractivity contribution is 8.14. The van der Waals surface area contributed by atoms with E-state index in [0.29, 0.717) is 5.25 Å². The molecule has 3 heterocycles. The molecule has 1 aromatic carbocycles. The molecule has 4 nitrogen and oxygen atoms in total. The molecule has 2 aliphatic heterocycles. The Bertz CT molecular complexity index is 734. The van der Waals surface area contributed by atoms with Gasteiger partial charge in [-0.3, -0.25) is 9.98 Å². The Morgan fingerprint density at radius 3 is 2.78 bits per heavy atom. The molecule has 2 aromatic rings. The van der Waals surface area contributed by atoms with Gasteiger partial charge < -0.3 is 9.64 Å². The molecule has 23 heavy (non-hydrogen) atoms. The molecule has 0 amide bonds. The lowest BCUT2D eigenvalue weighted by Crippen LogP contribution is -2.28. The van der Waals surface area contributed by atoms with Gasteiger partial charge >= 0.3 is 0 Å². The number of aromatic nitrogens is 1. The molecule has 1 saturated heterocycles. The minimum absolute atomic E-state index is 0.0162. The van der Waals surface area contributed by atoms with E-state index in [2.05, 4.69) is 35.0 Å². The molecule has 4 rings (SSSR count). The minimum atomic E-state index is 0.0162. The maximum Gasteiger partial charge on any atom is 0.160 e. The second kappa shape index (κ2) is 5.89. The quantitative estimate of drug-likeness (QED) is 0.863. The highest BCUT2D eigenvalue weighted by atomic mass is 32.2. The van der Waals surface area contributed by atoms with E-state index >= 15 is 0 Å². The van der Waals surface area contributed by atoms with Crippen LogP contribution in [0.15, 0.2) is 53.7 Å². The maximum absolute atomic E-state index is 5.61. The zero-order chi connectivity index (χ0) is 15.8. The number of para-hydroxylation sites is 1. The monoisotopic (exact) mass is 325 g/mol. The van der Waals surface area contributed by atoms with Gasteiger partial charge in [-0.15, -0.1) is 0 Å². The third-order valence-electron chi connectivity index (χ3n) is 4.34. The first kappa shape index (κ1) is 14.6.